The lowest BCUT2D eigenvalue weighted by atomic mass is 10.2. The van der Waals surface area contributed by atoms with Crippen LogP contribution >= 0.6 is 35.3 Å². The van der Waals surface area contributed by atoms with Gasteiger partial charge in [0.05, 0.1) is 6.21 Å². The molecule has 0 aromatic rings. The molecule has 0 aliphatic heterocycles. The fraction of sp³-hybridized carbons (Fsp3) is 0.818. The third kappa shape index (κ3) is 7.38. The van der Waals surface area contributed by atoms with Gasteiger partial charge in [0.25, 0.3) is 0 Å². The van der Waals surface area contributed by atoms with Crippen LogP contribution in [0.5, 0.6) is 0 Å². The third-order valence-corrected chi connectivity index (χ3v) is 5.03. The van der Waals surface area contributed by atoms with Crippen molar-refractivity contribution in [2.45, 2.75) is 37.2 Å². The SMILES string of the molecule is CSC(C)(C)C=NOC(=O)N(C)SC(C)(C)CCl. The minimum atomic E-state index is -0.508. The first-order valence-electron chi connectivity index (χ1n) is 5.43. The number of amides is 1. The Bertz CT molecular complexity index is 309. The molecule has 4 nitrogen and oxygen atoms in total. The minimum absolute atomic E-state index is 0.151. The summed E-state index contributed by atoms with van der Waals surface area (Å²) in [6.07, 6.45) is 3.07. The summed E-state index contributed by atoms with van der Waals surface area (Å²) < 4.78 is 1.02. The van der Waals surface area contributed by atoms with Gasteiger partial charge in [0.15, 0.2) is 0 Å². The summed E-state index contributed by atoms with van der Waals surface area (Å²) >= 11 is 8.74. The standard InChI is InChI=1S/C11H21ClN2O2S2/c1-10(2,7-12)18-14(5)9(15)16-13-8-11(3,4)17-6/h8H,7H2,1-6H3. The van der Waals surface area contributed by atoms with Crippen molar-refractivity contribution < 1.29 is 9.63 Å². The molecule has 0 aromatic heterocycles. The van der Waals surface area contributed by atoms with Crippen molar-refractivity contribution in [2.24, 2.45) is 5.16 Å². The average molecular weight is 313 g/mol. The van der Waals surface area contributed by atoms with Crippen molar-refractivity contribution in [3.63, 3.8) is 0 Å². The zero-order valence-corrected chi connectivity index (χ0v) is 14.1. The zero-order valence-electron chi connectivity index (χ0n) is 11.7. The number of hydrogen-bond acceptors (Lipinski definition) is 5. The summed E-state index contributed by atoms with van der Waals surface area (Å²) in [5.74, 6) is 0.443. The number of hydrogen-bond donors (Lipinski definition) is 0. The van der Waals surface area contributed by atoms with Gasteiger partial charge in [-0.15, -0.1) is 11.6 Å². The van der Waals surface area contributed by atoms with Crippen LogP contribution in [0.2, 0.25) is 0 Å². The first-order chi connectivity index (χ1) is 8.13. The Morgan fingerprint density at radius 1 is 1.44 bits per heavy atom. The summed E-state index contributed by atoms with van der Waals surface area (Å²) in [6.45, 7) is 7.89. The number of carbonyl (C=O) groups is 1. The molecule has 0 fully saturated rings. The number of nitrogens with zero attached hydrogens (tertiary/aromatic N) is 2. The van der Waals surface area contributed by atoms with E-state index in [-0.39, 0.29) is 9.49 Å². The summed E-state index contributed by atoms with van der Waals surface area (Å²) in [4.78, 5) is 16.4. The first kappa shape index (κ1) is 17.9. The van der Waals surface area contributed by atoms with Gasteiger partial charge >= 0.3 is 6.09 Å². The Labute approximate surface area is 123 Å². The average Bonchev–Trinajstić information content (AvgIpc) is 2.28. The predicted molar refractivity (Wildman–Crippen MR) is 82.7 cm³/mol. The maximum atomic E-state index is 11.6. The highest BCUT2D eigenvalue weighted by atomic mass is 35.5. The Kier molecular flexibility index (Phi) is 7.47. The van der Waals surface area contributed by atoms with Gasteiger partial charge in [0.1, 0.15) is 0 Å². The zero-order chi connectivity index (χ0) is 14.4. The van der Waals surface area contributed by atoms with Gasteiger partial charge in [0.2, 0.25) is 0 Å². The van der Waals surface area contributed by atoms with E-state index in [0.29, 0.717) is 5.88 Å². The molecule has 1 amide bonds. The number of carbonyl (C=O) groups excluding carboxylic acids is 1. The molecule has 0 rings (SSSR count). The molecule has 0 atom stereocenters. The monoisotopic (exact) mass is 312 g/mol. The lowest BCUT2D eigenvalue weighted by molar-refractivity contribution is 0.137. The molecule has 0 unspecified atom stereocenters. The van der Waals surface area contributed by atoms with Gasteiger partial charge in [0, 0.05) is 22.4 Å². The van der Waals surface area contributed by atoms with Crippen LogP contribution in [0.4, 0.5) is 4.79 Å². The molecule has 0 heterocycles. The molecule has 0 saturated carbocycles. The second-order valence-electron chi connectivity index (χ2n) is 4.88. The second-order valence-corrected chi connectivity index (χ2v) is 8.44. The Balaban J connectivity index is 4.26. The molecule has 18 heavy (non-hydrogen) atoms. The molecule has 0 radical (unpaired) electrons. The summed E-state index contributed by atoms with van der Waals surface area (Å²) in [7, 11) is 1.64. The molecule has 106 valence electrons. The van der Waals surface area contributed by atoms with Crippen molar-refractivity contribution >= 4 is 47.6 Å². The fourth-order valence-electron chi connectivity index (χ4n) is 0.741. The number of alkyl halides is 1. The number of oxime groups is 1. The lowest BCUT2D eigenvalue weighted by Crippen LogP contribution is -2.29. The summed E-state index contributed by atoms with van der Waals surface area (Å²) in [5.41, 5.74) is 0. The summed E-state index contributed by atoms with van der Waals surface area (Å²) in [6, 6.07) is 0. The van der Waals surface area contributed by atoms with Crippen LogP contribution in [-0.2, 0) is 4.84 Å². The van der Waals surface area contributed by atoms with Crippen LogP contribution < -0.4 is 0 Å². The Hall–Kier alpha value is -0.0700. The fourth-order valence-corrected chi connectivity index (χ4v) is 1.93. The van der Waals surface area contributed by atoms with Gasteiger partial charge in [-0.05, 0) is 45.9 Å². The van der Waals surface area contributed by atoms with Crippen molar-refractivity contribution in [3.8, 4) is 0 Å². The topological polar surface area (TPSA) is 41.9 Å². The highest BCUT2D eigenvalue weighted by Gasteiger charge is 2.24. The summed E-state index contributed by atoms with van der Waals surface area (Å²) in [5, 5.41) is 3.71. The van der Waals surface area contributed by atoms with Gasteiger partial charge < -0.3 is 0 Å². The Morgan fingerprint density at radius 3 is 2.44 bits per heavy atom. The molecule has 7 heteroatoms. The lowest BCUT2D eigenvalue weighted by Gasteiger charge is -2.25. The molecule has 0 aliphatic rings. The second kappa shape index (κ2) is 7.50. The molecule has 0 saturated heterocycles. The van der Waals surface area contributed by atoms with Crippen molar-refractivity contribution in [1.29, 1.82) is 0 Å². The van der Waals surface area contributed by atoms with E-state index in [1.807, 2.05) is 34.0 Å². The molecule has 0 aliphatic carbocycles. The molecule has 0 N–H and O–H groups in total. The van der Waals surface area contributed by atoms with Crippen molar-refractivity contribution in [3.05, 3.63) is 0 Å². The highest BCUT2D eigenvalue weighted by Crippen LogP contribution is 2.28. The van der Waals surface area contributed by atoms with Crippen LogP contribution in [0.25, 0.3) is 0 Å². The van der Waals surface area contributed by atoms with Crippen molar-refractivity contribution in [1.82, 2.24) is 4.31 Å². The van der Waals surface area contributed by atoms with Gasteiger partial charge in [-0.25, -0.2) is 4.79 Å². The van der Waals surface area contributed by atoms with E-state index in [1.54, 1.807) is 25.0 Å². The van der Waals surface area contributed by atoms with Crippen molar-refractivity contribution in [2.75, 3.05) is 19.2 Å². The number of halogens is 1. The van der Waals surface area contributed by atoms with E-state index in [1.165, 1.54) is 16.3 Å². The maximum absolute atomic E-state index is 11.6. The van der Waals surface area contributed by atoms with E-state index in [4.69, 9.17) is 16.4 Å². The molecule has 0 spiro atoms. The Morgan fingerprint density at radius 2 is 2.00 bits per heavy atom. The van der Waals surface area contributed by atoms with E-state index >= 15 is 0 Å². The first-order valence-corrected chi connectivity index (χ1v) is 7.96. The third-order valence-electron chi connectivity index (χ3n) is 1.98. The molecule has 0 bridgehead atoms. The maximum Gasteiger partial charge on any atom is 0.445 e. The smallest absolute Gasteiger partial charge is 0.298 e. The van der Waals surface area contributed by atoms with E-state index in [2.05, 4.69) is 5.16 Å². The highest BCUT2D eigenvalue weighted by molar-refractivity contribution is 8.00. The quantitative estimate of drug-likeness (QED) is 0.246. The predicted octanol–water partition coefficient (Wildman–Crippen LogP) is 3.85. The molecular weight excluding hydrogens is 292 g/mol. The van der Waals surface area contributed by atoms with E-state index in [9.17, 15) is 4.79 Å². The van der Waals surface area contributed by atoms with E-state index in [0.717, 1.165) is 0 Å². The van der Waals surface area contributed by atoms with Gasteiger partial charge in [-0.1, -0.05) is 5.16 Å². The van der Waals surface area contributed by atoms with Crippen LogP contribution in [0.15, 0.2) is 5.16 Å². The largest absolute Gasteiger partial charge is 0.445 e. The normalized spacial score (nSPS) is 12.8. The van der Waals surface area contributed by atoms with E-state index < -0.39 is 6.09 Å². The molecule has 0 aromatic carbocycles. The number of thioether (sulfide) groups is 1. The minimum Gasteiger partial charge on any atom is -0.298 e. The van der Waals surface area contributed by atoms with Crippen LogP contribution in [0, 0.1) is 0 Å². The van der Waals surface area contributed by atoms with Crippen LogP contribution in [0.1, 0.15) is 27.7 Å². The van der Waals surface area contributed by atoms with Gasteiger partial charge in [-0.2, -0.15) is 11.8 Å². The van der Waals surface area contributed by atoms with Gasteiger partial charge in [-0.3, -0.25) is 9.14 Å². The van der Waals surface area contributed by atoms with Crippen LogP contribution in [-0.4, -0.2) is 45.3 Å². The number of rotatable bonds is 6. The molecular formula is C11H21ClN2O2S2. The van der Waals surface area contributed by atoms with Crippen LogP contribution in [0.3, 0.4) is 0 Å².